The van der Waals surface area contributed by atoms with Gasteiger partial charge in [0.2, 0.25) is 0 Å². The van der Waals surface area contributed by atoms with Crippen LogP contribution in [0.2, 0.25) is 0 Å². The Morgan fingerprint density at radius 2 is 1.28 bits per heavy atom. The van der Waals surface area contributed by atoms with Crippen LogP contribution in [0, 0.1) is 0 Å². The van der Waals surface area contributed by atoms with E-state index in [4.69, 9.17) is 0 Å². The summed E-state index contributed by atoms with van der Waals surface area (Å²) in [6.07, 6.45) is 16.9. The number of unbranched alkanes of at least 4 members (excludes halogenated alkanes) is 9. The van der Waals surface area contributed by atoms with Crippen molar-refractivity contribution in [2.45, 2.75) is 71.1 Å². The van der Waals surface area contributed by atoms with Crippen molar-refractivity contribution >= 4 is 27.3 Å². The SMILES string of the molecule is CCCCCCCCCCC/C=C\c1ccccc1C=C(P(=O)(O)O)P(=O)(O)O. The number of rotatable bonds is 14. The summed E-state index contributed by atoms with van der Waals surface area (Å²) in [6.45, 7) is 2.22. The Hall–Kier alpha value is -1.00. The van der Waals surface area contributed by atoms with Crippen molar-refractivity contribution in [1.82, 2.24) is 0 Å². The summed E-state index contributed by atoms with van der Waals surface area (Å²) >= 11 is 0. The van der Waals surface area contributed by atoms with Crippen LogP contribution >= 0.6 is 15.2 Å². The first-order chi connectivity index (χ1) is 13.7. The molecular weight excluding hydrogens is 410 g/mol. The zero-order valence-electron chi connectivity index (χ0n) is 17.1. The van der Waals surface area contributed by atoms with Gasteiger partial charge in [-0.1, -0.05) is 94.7 Å². The largest absolute Gasteiger partial charge is 0.364 e. The van der Waals surface area contributed by atoms with Crippen LogP contribution in [0.3, 0.4) is 0 Å². The van der Waals surface area contributed by atoms with Gasteiger partial charge in [0.15, 0.2) is 5.06 Å². The Labute approximate surface area is 174 Å². The van der Waals surface area contributed by atoms with Crippen LogP contribution in [0.15, 0.2) is 35.4 Å². The fourth-order valence-corrected chi connectivity index (χ4v) is 5.03. The van der Waals surface area contributed by atoms with E-state index >= 15 is 0 Å². The lowest BCUT2D eigenvalue weighted by atomic mass is 10.0. The maximum absolute atomic E-state index is 11.5. The molecule has 0 spiro atoms. The van der Waals surface area contributed by atoms with Gasteiger partial charge >= 0.3 is 15.2 Å². The third-order valence-corrected chi connectivity index (χ3v) is 7.66. The molecule has 0 saturated heterocycles. The molecule has 0 amide bonds. The molecule has 8 heteroatoms. The molecule has 0 aliphatic carbocycles. The van der Waals surface area contributed by atoms with Crippen molar-refractivity contribution in [1.29, 1.82) is 0 Å². The van der Waals surface area contributed by atoms with Gasteiger partial charge in [-0.15, -0.1) is 0 Å². The van der Waals surface area contributed by atoms with Gasteiger partial charge < -0.3 is 19.6 Å². The molecule has 0 heterocycles. The average Bonchev–Trinajstić information content (AvgIpc) is 2.63. The summed E-state index contributed by atoms with van der Waals surface area (Å²) < 4.78 is 22.9. The maximum atomic E-state index is 11.5. The first-order valence-corrected chi connectivity index (χ1v) is 13.5. The summed E-state index contributed by atoms with van der Waals surface area (Å²) in [5, 5.41) is -1.16. The van der Waals surface area contributed by atoms with E-state index < -0.39 is 20.2 Å². The van der Waals surface area contributed by atoms with Crippen LogP contribution in [-0.4, -0.2) is 19.6 Å². The summed E-state index contributed by atoms with van der Waals surface area (Å²) in [7, 11) is -10.1. The zero-order chi connectivity index (χ0) is 21.8. The normalized spacial score (nSPS) is 12.4. The predicted molar refractivity (Wildman–Crippen MR) is 119 cm³/mol. The monoisotopic (exact) mass is 444 g/mol. The highest BCUT2D eigenvalue weighted by molar-refractivity contribution is 7.77. The Balaban J connectivity index is 2.59. The smallest absolute Gasteiger partial charge is 0.321 e. The lowest BCUT2D eigenvalue weighted by Gasteiger charge is -2.11. The first-order valence-electron chi connectivity index (χ1n) is 10.3. The van der Waals surface area contributed by atoms with Crippen LogP contribution in [0.1, 0.15) is 82.3 Å². The van der Waals surface area contributed by atoms with E-state index in [0.29, 0.717) is 11.1 Å². The molecule has 0 aliphatic rings. The number of hydrogen-bond acceptors (Lipinski definition) is 2. The zero-order valence-corrected chi connectivity index (χ0v) is 18.9. The minimum atomic E-state index is -5.07. The van der Waals surface area contributed by atoms with Crippen molar-refractivity contribution in [3.63, 3.8) is 0 Å². The van der Waals surface area contributed by atoms with Crippen LogP contribution in [0.4, 0.5) is 0 Å². The van der Waals surface area contributed by atoms with Gasteiger partial charge in [0, 0.05) is 0 Å². The molecule has 164 valence electrons. The molecule has 0 saturated carbocycles. The van der Waals surface area contributed by atoms with E-state index in [9.17, 15) is 28.7 Å². The Morgan fingerprint density at radius 1 is 0.793 bits per heavy atom. The van der Waals surface area contributed by atoms with Crippen molar-refractivity contribution in [3.8, 4) is 0 Å². The van der Waals surface area contributed by atoms with Gasteiger partial charge in [0.05, 0.1) is 0 Å². The summed E-state index contributed by atoms with van der Waals surface area (Å²) in [4.78, 5) is 37.1. The minimum absolute atomic E-state index is 0.359. The molecule has 0 atom stereocenters. The minimum Gasteiger partial charge on any atom is -0.321 e. The van der Waals surface area contributed by atoms with Crippen LogP contribution in [0.25, 0.3) is 12.2 Å². The summed E-state index contributed by atoms with van der Waals surface area (Å²) in [5.41, 5.74) is 1.01. The Morgan fingerprint density at radius 3 is 1.79 bits per heavy atom. The topological polar surface area (TPSA) is 115 Å². The van der Waals surface area contributed by atoms with Gasteiger partial charge in [-0.2, -0.15) is 0 Å². The molecule has 0 fully saturated rings. The molecule has 1 aromatic rings. The van der Waals surface area contributed by atoms with Gasteiger partial charge in [-0.05, 0) is 30.0 Å². The first kappa shape index (κ1) is 26.0. The standard InChI is InChI=1S/C21H34O6P2/c1-2-3-4-5-6-7-8-9-10-11-12-15-19-16-13-14-17-20(19)18-21(28(22,23)24)29(25,26)27/h12-18H,2-11H2,1H3,(H2,22,23,24)(H2,25,26,27)/b15-12-. The van der Waals surface area contributed by atoms with Gasteiger partial charge in [-0.25, -0.2) is 0 Å². The van der Waals surface area contributed by atoms with Crippen LogP contribution < -0.4 is 0 Å². The van der Waals surface area contributed by atoms with Crippen molar-refractivity contribution < 1.29 is 28.7 Å². The second kappa shape index (κ2) is 13.3. The van der Waals surface area contributed by atoms with Gasteiger partial charge in [0.25, 0.3) is 0 Å². The summed E-state index contributed by atoms with van der Waals surface area (Å²) in [6, 6.07) is 6.74. The molecular formula is C21H34O6P2. The summed E-state index contributed by atoms with van der Waals surface area (Å²) in [5.74, 6) is 0. The third kappa shape index (κ3) is 11.1. The Bertz CT molecular complexity index is 736. The van der Waals surface area contributed by atoms with Crippen molar-refractivity contribution in [3.05, 3.63) is 46.5 Å². The second-order valence-corrected chi connectivity index (χ2v) is 10.7. The molecule has 29 heavy (non-hydrogen) atoms. The number of hydrogen-bond donors (Lipinski definition) is 4. The molecule has 0 aliphatic heterocycles. The maximum Gasteiger partial charge on any atom is 0.364 e. The van der Waals surface area contributed by atoms with Crippen LogP contribution in [0.5, 0.6) is 0 Å². The lowest BCUT2D eigenvalue weighted by Crippen LogP contribution is -1.90. The highest BCUT2D eigenvalue weighted by atomic mass is 31.2. The molecule has 0 radical (unpaired) electrons. The molecule has 1 aromatic carbocycles. The lowest BCUT2D eigenvalue weighted by molar-refractivity contribution is 0.368. The van der Waals surface area contributed by atoms with Gasteiger partial charge in [-0.3, -0.25) is 9.13 Å². The van der Waals surface area contributed by atoms with E-state index in [2.05, 4.69) is 6.92 Å². The van der Waals surface area contributed by atoms with E-state index in [1.807, 2.05) is 12.2 Å². The third-order valence-electron chi connectivity index (χ3n) is 4.65. The molecule has 0 aromatic heterocycles. The van der Waals surface area contributed by atoms with E-state index in [1.54, 1.807) is 24.3 Å². The predicted octanol–water partition coefficient (Wildman–Crippen LogP) is 6.27. The molecule has 0 unspecified atom stereocenters. The number of allylic oxidation sites excluding steroid dienone is 1. The van der Waals surface area contributed by atoms with Crippen LogP contribution in [-0.2, 0) is 9.13 Å². The van der Waals surface area contributed by atoms with E-state index in [0.717, 1.165) is 18.9 Å². The molecule has 0 bridgehead atoms. The molecule has 4 N–H and O–H groups in total. The van der Waals surface area contributed by atoms with E-state index in [-0.39, 0.29) is 0 Å². The Kier molecular flexibility index (Phi) is 12.0. The van der Waals surface area contributed by atoms with Gasteiger partial charge in [0.1, 0.15) is 0 Å². The average molecular weight is 444 g/mol. The van der Waals surface area contributed by atoms with Crippen molar-refractivity contribution in [2.75, 3.05) is 0 Å². The quantitative estimate of drug-likeness (QED) is 0.198. The highest BCUT2D eigenvalue weighted by Gasteiger charge is 2.36. The number of benzene rings is 1. The van der Waals surface area contributed by atoms with Crippen molar-refractivity contribution in [2.24, 2.45) is 0 Å². The fraction of sp³-hybridized carbons (Fsp3) is 0.524. The highest BCUT2D eigenvalue weighted by Crippen LogP contribution is 2.64. The fourth-order valence-electron chi connectivity index (χ4n) is 3.05. The van der Waals surface area contributed by atoms with E-state index in [1.165, 1.54) is 51.4 Å². The molecule has 1 rings (SSSR count). The second-order valence-electron chi connectivity index (χ2n) is 7.24. The molecule has 6 nitrogen and oxygen atoms in total.